The molecule has 0 radical (unpaired) electrons. The van der Waals surface area contributed by atoms with Crippen molar-refractivity contribution < 1.29 is 13.9 Å². The van der Waals surface area contributed by atoms with Crippen LogP contribution in [0.1, 0.15) is 39.4 Å². The van der Waals surface area contributed by atoms with Gasteiger partial charge >= 0.3 is 6.09 Å². The van der Waals surface area contributed by atoms with E-state index in [1.54, 1.807) is 6.26 Å². The molecule has 0 unspecified atom stereocenters. The van der Waals surface area contributed by atoms with E-state index in [9.17, 15) is 4.79 Å². The van der Waals surface area contributed by atoms with Crippen LogP contribution in [0.25, 0.3) is 0 Å². The smallest absolute Gasteiger partial charge is 0.407 e. The Morgan fingerprint density at radius 3 is 2.91 bits per heavy atom. The van der Waals surface area contributed by atoms with E-state index in [4.69, 9.17) is 9.15 Å². The van der Waals surface area contributed by atoms with Crippen molar-refractivity contribution in [1.82, 2.24) is 10.2 Å². The molecule has 5 nitrogen and oxygen atoms in total. The van der Waals surface area contributed by atoms with E-state index in [1.807, 2.05) is 32.9 Å². The lowest BCUT2D eigenvalue weighted by atomic mass is 9.98. The number of ether oxygens (including phenoxy) is 1. The summed E-state index contributed by atoms with van der Waals surface area (Å²) in [4.78, 5) is 14.4. The lowest BCUT2D eigenvalue weighted by Gasteiger charge is -2.24. The van der Waals surface area contributed by atoms with Crippen LogP contribution in [-0.4, -0.2) is 35.7 Å². The number of nitrogens with one attached hydrogen (secondary N) is 1. The maximum Gasteiger partial charge on any atom is 0.407 e. The molecule has 1 N–H and O–H groups in total. The van der Waals surface area contributed by atoms with Gasteiger partial charge in [-0.2, -0.15) is 0 Å². The second-order valence-electron chi connectivity index (χ2n) is 7.53. The molecule has 1 aromatic rings. The molecule has 5 heteroatoms. The van der Waals surface area contributed by atoms with E-state index >= 15 is 0 Å². The summed E-state index contributed by atoms with van der Waals surface area (Å²) in [7, 11) is 0. The molecule has 22 heavy (non-hydrogen) atoms. The average molecular weight is 306 g/mol. The first-order valence-corrected chi connectivity index (χ1v) is 8.15. The van der Waals surface area contributed by atoms with Crippen LogP contribution in [0.4, 0.5) is 4.79 Å². The minimum Gasteiger partial charge on any atom is -0.468 e. The Hall–Kier alpha value is -1.49. The van der Waals surface area contributed by atoms with Crippen LogP contribution in [0.3, 0.4) is 0 Å². The fraction of sp³-hybridized carbons (Fsp3) is 0.706. The van der Waals surface area contributed by atoms with Gasteiger partial charge in [0.25, 0.3) is 0 Å². The maximum absolute atomic E-state index is 12.0. The van der Waals surface area contributed by atoms with Crippen LogP contribution in [0.2, 0.25) is 0 Å². The molecule has 0 spiro atoms. The van der Waals surface area contributed by atoms with Gasteiger partial charge in [-0.3, -0.25) is 4.90 Å². The summed E-state index contributed by atoms with van der Waals surface area (Å²) in [5, 5.41) is 3.07. The van der Waals surface area contributed by atoms with Gasteiger partial charge in [0.15, 0.2) is 0 Å². The minimum atomic E-state index is -0.441. The van der Waals surface area contributed by atoms with Gasteiger partial charge in [0.05, 0.1) is 12.8 Å². The fourth-order valence-corrected chi connectivity index (χ4v) is 3.75. The predicted molar refractivity (Wildman–Crippen MR) is 83.4 cm³/mol. The van der Waals surface area contributed by atoms with Crippen LogP contribution in [0.15, 0.2) is 22.8 Å². The molecule has 1 aliphatic heterocycles. The largest absolute Gasteiger partial charge is 0.468 e. The third kappa shape index (κ3) is 3.64. The summed E-state index contributed by atoms with van der Waals surface area (Å²) in [6.45, 7) is 8.66. The van der Waals surface area contributed by atoms with Crippen molar-refractivity contribution in [3.63, 3.8) is 0 Å². The highest BCUT2D eigenvalue weighted by Crippen LogP contribution is 2.38. The zero-order valence-corrected chi connectivity index (χ0v) is 13.7. The third-order valence-corrected chi connectivity index (χ3v) is 4.59. The zero-order chi connectivity index (χ0) is 15.7. The van der Waals surface area contributed by atoms with Gasteiger partial charge in [0.1, 0.15) is 11.4 Å². The molecular weight excluding hydrogens is 280 g/mol. The molecule has 1 saturated carbocycles. The van der Waals surface area contributed by atoms with Gasteiger partial charge < -0.3 is 14.5 Å². The number of carbonyl (C=O) groups excluding carboxylic acids is 1. The Labute approximate surface area is 132 Å². The van der Waals surface area contributed by atoms with Crippen molar-refractivity contribution in [3.05, 3.63) is 24.2 Å². The fourth-order valence-electron chi connectivity index (χ4n) is 3.75. The number of rotatable bonds is 3. The van der Waals surface area contributed by atoms with Crippen molar-refractivity contribution in [3.8, 4) is 0 Å². The number of alkyl carbamates (subject to hydrolysis) is 1. The molecule has 122 valence electrons. The number of fused-ring (bicyclic) bond motifs is 1. The third-order valence-electron chi connectivity index (χ3n) is 4.59. The summed E-state index contributed by atoms with van der Waals surface area (Å²) in [6, 6.07) is 4.19. The van der Waals surface area contributed by atoms with Crippen molar-refractivity contribution >= 4 is 6.09 Å². The second kappa shape index (κ2) is 5.95. The first-order valence-electron chi connectivity index (χ1n) is 8.15. The minimum absolute atomic E-state index is 0.237. The number of furan rings is 1. The van der Waals surface area contributed by atoms with E-state index < -0.39 is 5.60 Å². The van der Waals surface area contributed by atoms with Crippen LogP contribution in [0.5, 0.6) is 0 Å². The van der Waals surface area contributed by atoms with Gasteiger partial charge in [0.2, 0.25) is 0 Å². The van der Waals surface area contributed by atoms with E-state index in [0.717, 1.165) is 31.8 Å². The first-order chi connectivity index (χ1) is 10.4. The van der Waals surface area contributed by atoms with E-state index in [2.05, 4.69) is 10.2 Å². The quantitative estimate of drug-likeness (QED) is 0.932. The number of likely N-dealkylation sites (tertiary alicyclic amines) is 1. The van der Waals surface area contributed by atoms with Gasteiger partial charge in [-0.15, -0.1) is 0 Å². The molecule has 0 aromatic carbocycles. The number of amides is 1. The van der Waals surface area contributed by atoms with Crippen LogP contribution in [0, 0.1) is 11.8 Å². The van der Waals surface area contributed by atoms with Crippen molar-refractivity contribution in [2.45, 2.75) is 51.8 Å². The van der Waals surface area contributed by atoms with E-state index in [1.165, 1.54) is 6.42 Å². The molecule has 3 rings (SSSR count). The molecule has 1 saturated heterocycles. The molecular formula is C17H26N2O3. The Morgan fingerprint density at radius 2 is 2.23 bits per heavy atom. The van der Waals surface area contributed by atoms with Gasteiger partial charge in [0, 0.05) is 19.1 Å². The van der Waals surface area contributed by atoms with Crippen molar-refractivity contribution in [1.29, 1.82) is 0 Å². The number of nitrogens with zero attached hydrogens (tertiary/aromatic N) is 1. The highest BCUT2D eigenvalue weighted by atomic mass is 16.6. The summed E-state index contributed by atoms with van der Waals surface area (Å²) < 4.78 is 10.8. The molecule has 1 amide bonds. The highest BCUT2D eigenvalue weighted by Gasteiger charge is 2.43. The first kappa shape index (κ1) is 15.4. The summed E-state index contributed by atoms with van der Waals surface area (Å²) in [5.74, 6) is 2.22. The monoisotopic (exact) mass is 306 g/mol. The average Bonchev–Trinajstić information content (AvgIpc) is 3.07. The summed E-state index contributed by atoms with van der Waals surface area (Å²) >= 11 is 0. The number of carbonyl (C=O) groups is 1. The topological polar surface area (TPSA) is 54.7 Å². The van der Waals surface area contributed by atoms with Gasteiger partial charge in [-0.05, 0) is 57.6 Å². The van der Waals surface area contributed by atoms with Gasteiger partial charge in [-0.25, -0.2) is 4.79 Å². The van der Waals surface area contributed by atoms with E-state index in [-0.39, 0.29) is 12.1 Å². The summed E-state index contributed by atoms with van der Waals surface area (Å²) in [6.07, 6.45) is 3.67. The Bertz CT molecular complexity index is 506. The Balaban J connectivity index is 1.53. The van der Waals surface area contributed by atoms with Crippen molar-refractivity contribution in [2.75, 3.05) is 13.1 Å². The van der Waals surface area contributed by atoms with Crippen LogP contribution >= 0.6 is 0 Å². The lowest BCUT2D eigenvalue weighted by molar-refractivity contribution is 0.0491. The molecule has 3 atom stereocenters. The number of hydrogen-bond acceptors (Lipinski definition) is 4. The zero-order valence-electron chi connectivity index (χ0n) is 13.7. The Morgan fingerprint density at radius 1 is 1.41 bits per heavy atom. The van der Waals surface area contributed by atoms with Crippen LogP contribution < -0.4 is 5.32 Å². The molecule has 2 aliphatic rings. The molecule has 1 aliphatic carbocycles. The highest BCUT2D eigenvalue weighted by molar-refractivity contribution is 5.68. The normalized spacial score (nSPS) is 28.6. The van der Waals surface area contributed by atoms with Gasteiger partial charge in [-0.1, -0.05) is 0 Å². The molecule has 2 fully saturated rings. The summed E-state index contributed by atoms with van der Waals surface area (Å²) in [5.41, 5.74) is -0.441. The van der Waals surface area contributed by atoms with Crippen molar-refractivity contribution in [2.24, 2.45) is 11.8 Å². The van der Waals surface area contributed by atoms with Crippen LogP contribution in [-0.2, 0) is 11.3 Å². The molecule has 1 aromatic heterocycles. The second-order valence-corrected chi connectivity index (χ2v) is 7.53. The standard InChI is InChI=1S/C17H26N2O3/c1-17(2,3)22-16(20)18-15-7-6-12-9-19(11-14(12)15)10-13-5-4-8-21-13/h4-5,8,12,14-15H,6-7,9-11H2,1-3H3,(H,18,20)/t12-,14-,15-/m1/s1. The maximum atomic E-state index is 12.0. The molecule has 2 heterocycles. The lowest BCUT2D eigenvalue weighted by Crippen LogP contribution is -2.42. The Kier molecular flexibility index (Phi) is 4.17. The predicted octanol–water partition coefficient (Wildman–Crippen LogP) is 3.01. The number of hydrogen-bond donors (Lipinski definition) is 1. The molecule has 0 bridgehead atoms. The SMILES string of the molecule is CC(C)(C)OC(=O)N[C@@H]1CC[C@@H]2CN(Cc3ccco3)C[C@H]21. The van der Waals surface area contributed by atoms with E-state index in [0.29, 0.717) is 11.8 Å².